The monoisotopic (exact) mass is 389 g/mol. The number of Topliss-reactive ketones (excluding diaryl/α,β-unsaturated/α-hetero) is 2. The first-order valence-electron chi connectivity index (χ1n) is 9.60. The number of nitrogens with one attached hydrogen (secondary N) is 1. The molecule has 8 nitrogen and oxygen atoms in total. The van der Waals surface area contributed by atoms with Crippen molar-refractivity contribution in [3.8, 4) is 0 Å². The average molecular weight is 389 g/mol. The normalized spacial score (nSPS) is 33.8. The number of piperidine rings is 1. The minimum atomic E-state index is -0.911. The Balaban J connectivity index is 1.81. The third-order valence-electron chi connectivity index (χ3n) is 6.29. The van der Waals surface area contributed by atoms with E-state index < -0.39 is 17.7 Å². The maximum absolute atomic E-state index is 13.5. The van der Waals surface area contributed by atoms with Crippen LogP contribution in [0.25, 0.3) is 0 Å². The first kappa shape index (κ1) is 19.0. The summed E-state index contributed by atoms with van der Waals surface area (Å²) in [6.45, 7) is 8.04. The van der Waals surface area contributed by atoms with E-state index in [1.807, 2.05) is 25.7 Å². The van der Waals surface area contributed by atoms with Crippen molar-refractivity contribution in [2.45, 2.75) is 45.4 Å². The molecule has 1 saturated heterocycles. The lowest BCUT2D eigenvalue weighted by molar-refractivity contribution is -0.146. The number of hydrogen-bond acceptors (Lipinski definition) is 7. The van der Waals surface area contributed by atoms with Gasteiger partial charge in [-0.1, -0.05) is 0 Å². The Labute approximate surface area is 164 Å². The summed E-state index contributed by atoms with van der Waals surface area (Å²) in [5, 5.41) is 3.19. The zero-order valence-corrected chi connectivity index (χ0v) is 16.9. The number of hydrogen-bond donors (Lipinski definition) is 2. The van der Waals surface area contributed by atoms with E-state index in [4.69, 9.17) is 15.2 Å². The van der Waals surface area contributed by atoms with Gasteiger partial charge < -0.3 is 25.4 Å². The van der Waals surface area contributed by atoms with Crippen LogP contribution in [-0.2, 0) is 19.1 Å². The molecule has 0 aromatic carbocycles. The van der Waals surface area contributed by atoms with Gasteiger partial charge in [0.15, 0.2) is 5.72 Å². The molecule has 0 bridgehead atoms. The summed E-state index contributed by atoms with van der Waals surface area (Å²) in [6.07, 6.45) is 0.0615. The quantitative estimate of drug-likeness (QED) is 0.692. The second-order valence-electron chi connectivity index (χ2n) is 9.15. The number of nitrogens with two attached hydrogens (primary N) is 1. The number of allylic oxidation sites excluding steroid dienone is 2. The van der Waals surface area contributed by atoms with E-state index in [9.17, 15) is 14.4 Å². The van der Waals surface area contributed by atoms with Crippen molar-refractivity contribution in [2.24, 2.45) is 23.5 Å². The maximum Gasteiger partial charge on any atom is 0.404 e. The molecule has 1 saturated carbocycles. The summed E-state index contributed by atoms with van der Waals surface area (Å²) < 4.78 is 11.1. The summed E-state index contributed by atoms with van der Waals surface area (Å²) in [5.74, 6) is -0.344. The molecular weight excluding hydrogens is 362 g/mol. The molecule has 4 atom stereocenters. The second kappa shape index (κ2) is 5.83. The van der Waals surface area contributed by atoms with Crippen molar-refractivity contribution in [1.29, 1.82) is 0 Å². The number of ether oxygens (including phenoxy) is 2. The Hall–Kier alpha value is -2.35. The van der Waals surface area contributed by atoms with Crippen LogP contribution in [0.2, 0.25) is 0 Å². The number of carbonyl (C=O) groups excluding carboxylic acids is 3. The molecule has 2 fully saturated rings. The minimum Gasteiger partial charge on any atom is -0.449 e. The van der Waals surface area contributed by atoms with Gasteiger partial charge in [-0.15, -0.1) is 0 Å². The molecule has 3 N–H and O–H groups in total. The largest absolute Gasteiger partial charge is 0.449 e. The highest BCUT2D eigenvalue weighted by Crippen LogP contribution is 2.65. The molecular formula is C20H27N3O5. The summed E-state index contributed by atoms with van der Waals surface area (Å²) in [5.41, 5.74) is 5.44. The van der Waals surface area contributed by atoms with Gasteiger partial charge in [0.05, 0.1) is 17.3 Å². The van der Waals surface area contributed by atoms with Crippen molar-refractivity contribution in [2.75, 3.05) is 20.3 Å². The molecule has 152 valence electrons. The predicted molar refractivity (Wildman–Crippen MR) is 99.7 cm³/mol. The van der Waals surface area contributed by atoms with Crippen molar-refractivity contribution in [1.82, 2.24) is 10.2 Å². The lowest BCUT2D eigenvalue weighted by Gasteiger charge is -2.40. The molecule has 2 aliphatic carbocycles. The number of nitrogens with zero attached hydrogens (tertiary/aromatic N) is 1. The summed E-state index contributed by atoms with van der Waals surface area (Å²) in [6, 6.07) is 0. The Kier molecular flexibility index (Phi) is 3.95. The second-order valence-corrected chi connectivity index (χ2v) is 9.15. The molecule has 4 aliphatic rings. The van der Waals surface area contributed by atoms with Crippen LogP contribution < -0.4 is 11.1 Å². The van der Waals surface area contributed by atoms with Gasteiger partial charge in [-0.3, -0.25) is 9.59 Å². The van der Waals surface area contributed by atoms with Gasteiger partial charge in [0, 0.05) is 36.3 Å². The van der Waals surface area contributed by atoms with E-state index in [0.29, 0.717) is 35.0 Å². The number of amides is 1. The molecule has 28 heavy (non-hydrogen) atoms. The number of carbonyl (C=O) groups is 3. The van der Waals surface area contributed by atoms with E-state index in [2.05, 4.69) is 5.32 Å². The fourth-order valence-corrected chi connectivity index (χ4v) is 5.17. The van der Waals surface area contributed by atoms with E-state index >= 15 is 0 Å². The van der Waals surface area contributed by atoms with Crippen LogP contribution in [-0.4, -0.2) is 54.1 Å². The van der Waals surface area contributed by atoms with Crippen LogP contribution in [0.4, 0.5) is 4.79 Å². The fourth-order valence-electron chi connectivity index (χ4n) is 5.17. The Morgan fingerprint density at radius 1 is 1.32 bits per heavy atom. The first-order chi connectivity index (χ1) is 13.0. The van der Waals surface area contributed by atoms with Crippen LogP contribution in [0, 0.1) is 17.8 Å². The van der Waals surface area contributed by atoms with Crippen LogP contribution in [0.15, 0.2) is 22.5 Å². The van der Waals surface area contributed by atoms with Gasteiger partial charge in [0.1, 0.15) is 6.61 Å². The Morgan fingerprint density at radius 2 is 2.00 bits per heavy atom. The van der Waals surface area contributed by atoms with E-state index in [-0.39, 0.29) is 29.6 Å². The SMILES string of the molecule is CO[C@@]12[C@H](COC(N)=O)C3=C(C(=O)C(C)=C(NC(C)(C)C)C3=O)N1C[C@@H]1C[C@@H]12. The first-order valence-corrected chi connectivity index (χ1v) is 9.60. The van der Waals surface area contributed by atoms with E-state index in [0.717, 1.165) is 6.42 Å². The summed E-state index contributed by atoms with van der Waals surface area (Å²) in [4.78, 5) is 40.1. The van der Waals surface area contributed by atoms with Gasteiger partial charge in [-0.05, 0) is 40.0 Å². The average Bonchev–Trinajstić information content (AvgIpc) is 3.21. The van der Waals surface area contributed by atoms with Gasteiger partial charge in [0.25, 0.3) is 0 Å². The molecule has 1 amide bonds. The van der Waals surface area contributed by atoms with Gasteiger partial charge in [-0.2, -0.15) is 0 Å². The molecule has 2 aliphatic heterocycles. The fraction of sp³-hybridized carbons (Fsp3) is 0.650. The third kappa shape index (κ3) is 2.43. The lowest BCUT2D eigenvalue weighted by atomic mass is 9.81. The molecule has 4 rings (SSSR count). The summed E-state index contributed by atoms with van der Waals surface area (Å²) in [7, 11) is 1.59. The number of ketones is 2. The zero-order valence-electron chi connectivity index (χ0n) is 16.9. The molecule has 0 spiro atoms. The molecule has 2 heterocycles. The van der Waals surface area contributed by atoms with Gasteiger partial charge in [-0.25, -0.2) is 4.79 Å². The topological polar surface area (TPSA) is 111 Å². The highest BCUT2D eigenvalue weighted by atomic mass is 16.6. The molecule has 0 aromatic rings. The van der Waals surface area contributed by atoms with Crippen LogP contribution in [0.3, 0.4) is 0 Å². The zero-order chi connectivity index (χ0) is 20.6. The Bertz CT molecular complexity index is 852. The number of rotatable bonds is 4. The van der Waals surface area contributed by atoms with Crippen molar-refractivity contribution < 1.29 is 23.9 Å². The lowest BCUT2D eigenvalue weighted by Crippen LogP contribution is -2.51. The van der Waals surface area contributed by atoms with E-state index in [1.165, 1.54) is 0 Å². The van der Waals surface area contributed by atoms with Crippen molar-refractivity contribution in [3.63, 3.8) is 0 Å². The minimum absolute atomic E-state index is 0.0947. The van der Waals surface area contributed by atoms with Crippen molar-refractivity contribution >= 4 is 17.7 Å². The standard InChI is InChI=1S/C20H27N3O5/c1-9-14(22-19(2,3)4)17(25)13-12(8-28-18(21)26)20(27-5)11-6-10(11)7-23(20)15(13)16(9)24/h10-12,22H,6-8H2,1-5H3,(H2,21,26)/t10-,11-,12+,20-/m0/s1. The number of methoxy groups -OCH3 is 1. The van der Waals surface area contributed by atoms with Gasteiger partial charge in [0.2, 0.25) is 11.6 Å². The van der Waals surface area contributed by atoms with Crippen molar-refractivity contribution in [3.05, 3.63) is 22.5 Å². The predicted octanol–water partition coefficient (Wildman–Crippen LogP) is 1.07. The Morgan fingerprint density at radius 3 is 2.57 bits per heavy atom. The molecule has 0 radical (unpaired) electrons. The molecule has 0 aromatic heterocycles. The molecule has 0 unspecified atom stereocenters. The highest BCUT2D eigenvalue weighted by Gasteiger charge is 2.72. The van der Waals surface area contributed by atoms with Crippen LogP contribution >= 0.6 is 0 Å². The summed E-state index contributed by atoms with van der Waals surface area (Å²) >= 11 is 0. The van der Waals surface area contributed by atoms with Crippen LogP contribution in [0.1, 0.15) is 34.1 Å². The van der Waals surface area contributed by atoms with Gasteiger partial charge >= 0.3 is 6.09 Å². The van der Waals surface area contributed by atoms with Crippen LogP contribution in [0.5, 0.6) is 0 Å². The molecule has 8 heteroatoms. The maximum atomic E-state index is 13.5. The number of fused-ring (bicyclic) bond motifs is 4. The van der Waals surface area contributed by atoms with E-state index in [1.54, 1.807) is 14.0 Å². The third-order valence-corrected chi connectivity index (χ3v) is 6.29. The smallest absolute Gasteiger partial charge is 0.404 e. The highest BCUT2D eigenvalue weighted by molar-refractivity contribution is 6.25. The number of primary amides is 1.